The van der Waals surface area contributed by atoms with Gasteiger partial charge in [-0.3, -0.25) is 4.79 Å². The summed E-state index contributed by atoms with van der Waals surface area (Å²) < 4.78 is 16.5. The van der Waals surface area contributed by atoms with E-state index in [1.807, 2.05) is 6.92 Å². The fourth-order valence-corrected chi connectivity index (χ4v) is 2.83. The lowest BCUT2D eigenvalue weighted by molar-refractivity contribution is -0.148. The van der Waals surface area contributed by atoms with Gasteiger partial charge in [-0.25, -0.2) is 0 Å². The largest absolute Gasteiger partial charge is 0.463 e. The van der Waals surface area contributed by atoms with Crippen molar-refractivity contribution in [3.63, 3.8) is 0 Å². The maximum absolute atomic E-state index is 11.7. The monoisotopic (exact) mass is 372 g/mol. The van der Waals surface area contributed by atoms with Gasteiger partial charge in [-0.15, -0.1) is 0 Å². The van der Waals surface area contributed by atoms with Crippen LogP contribution >= 0.6 is 0 Å². The number of ether oxygens (including phenoxy) is 3. The van der Waals surface area contributed by atoms with Crippen molar-refractivity contribution >= 4 is 5.97 Å². The van der Waals surface area contributed by atoms with Gasteiger partial charge in [0.15, 0.2) is 0 Å². The van der Waals surface area contributed by atoms with Crippen molar-refractivity contribution in [2.24, 2.45) is 0 Å². The Bertz CT molecular complexity index is 294. The molecule has 1 atom stereocenters. The van der Waals surface area contributed by atoms with E-state index in [1.54, 1.807) is 0 Å². The molecule has 1 unspecified atom stereocenters. The van der Waals surface area contributed by atoms with E-state index in [0.717, 1.165) is 32.3 Å². The van der Waals surface area contributed by atoms with E-state index in [0.29, 0.717) is 26.2 Å². The first-order valence-corrected chi connectivity index (χ1v) is 11.1. The van der Waals surface area contributed by atoms with E-state index in [-0.39, 0.29) is 12.1 Å². The van der Waals surface area contributed by atoms with Crippen molar-refractivity contribution in [1.29, 1.82) is 0 Å². The maximum Gasteiger partial charge on any atom is 0.306 e. The summed E-state index contributed by atoms with van der Waals surface area (Å²) >= 11 is 0. The van der Waals surface area contributed by atoms with Crippen molar-refractivity contribution < 1.29 is 19.0 Å². The van der Waals surface area contributed by atoms with Gasteiger partial charge in [-0.2, -0.15) is 0 Å². The third-order valence-electron chi connectivity index (χ3n) is 4.48. The molecule has 0 saturated carbocycles. The average molecular weight is 373 g/mol. The predicted octanol–water partition coefficient (Wildman–Crippen LogP) is 6.06. The Balaban J connectivity index is 3.22. The van der Waals surface area contributed by atoms with Crippen LogP contribution in [0.1, 0.15) is 104 Å². The van der Waals surface area contributed by atoms with Crippen LogP contribution in [0.15, 0.2) is 0 Å². The molecule has 0 rings (SSSR count). The van der Waals surface area contributed by atoms with Crippen LogP contribution in [-0.4, -0.2) is 38.5 Å². The molecular formula is C22H44O4. The van der Waals surface area contributed by atoms with Gasteiger partial charge in [0.2, 0.25) is 0 Å². The lowest BCUT2D eigenvalue weighted by Gasteiger charge is -2.13. The third-order valence-corrected chi connectivity index (χ3v) is 4.48. The van der Waals surface area contributed by atoms with Gasteiger partial charge in [-0.05, 0) is 32.6 Å². The Morgan fingerprint density at radius 2 is 1.23 bits per heavy atom. The fourth-order valence-electron chi connectivity index (χ4n) is 2.83. The molecule has 0 heterocycles. The van der Waals surface area contributed by atoms with Crippen molar-refractivity contribution in [3.8, 4) is 0 Å². The Hall–Kier alpha value is -0.610. The molecule has 0 fully saturated rings. The first-order chi connectivity index (χ1) is 12.7. The Morgan fingerprint density at radius 3 is 1.88 bits per heavy atom. The van der Waals surface area contributed by atoms with Crippen molar-refractivity contribution in [2.75, 3.05) is 26.4 Å². The maximum atomic E-state index is 11.7. The molecule has 0 bridgehead atoms. The number of carbonyl (C=O) groups is 1. The molecule has 4 heteroatoms. The molecule has 0 saturated heterocycles. The van der Waals surface area contributed by atoms with E-state index in [9.17, 15) is 4.79 Å². The second-order valence-corrected chi connectivity index (χ2v) is 7.25. The molecule has 156 valence electrons. The second-order valence-electron chi connectivity index (χ2n) is 7.25. The quantitative estimate of drug-likeness (QED) is 0.192. The van der Waals surface area contributed by atoms with E-state index in [1.165, 1.54) is 51.4 Å². The van der Waals surface area contributed by atoms with E-state index in [2.05, 4.69) is 13.8 Å². The van der Waals surface area contributed by atoms with E-state index >= 15 is 0 Å². The van der Waals surface area contributed by atoms with Crippen LogP contribution in [0.2, 0.25) is 0 Å². The number of hydrogen-bond donors (Lipinski definition) is 0. The molecule has 26 heavy (non-hydrogen) atoms. The highest BCUT2D eigenvalue weighted by atomic mass is 16.5. The number of hydrogen-bond acceptors (Lipinski definition) is 4. The second kappa shape index (κ2) is 20.7. The number of unbranched alkanes of at least 4 members (excludes halogenated alkanes) is 8. The Labute approximate surface area is 162 Å². The van der Waals surface area contributed by atoms with Gasteiger partial charge in [0, 0.05) is 19.6 Å². The zero-order chi connectivity index (χ0) is 19.3. The topological polar surface area (TPSA) is 44.8 Å². The molecule has 0 aromatic heterocycles. The van der Waals surface area contributed by atoms with Gasteiger partial charge in [0.1, 0.15) is 0 Å². The minimum atomic E-state index is -0.104. The highest BCUT2D eigenvalue weighted by Gasteiger charge is 2.08. The SMILES string of the molecule is CCCCCCCCCOCCOCCCC(=O)OC(C)CCCCC. The minimum absolute atomic E-state index is 0.0370. The fraction of sp³-hybridized carbons (Fsp3) is 0.955. The summed E-state index contributed by atoms with van der Waals surface area (Å²) in [4.78, 5) is 11.7. The number of esters is 1. The summed E-state index contributed by atoms with van der Waals surface area (Å²) in [5.74, 6) is -0.104. The van der Waals surface area contributed by atoms with Gasteiger partial charge >= 0.3 is 5.97 Å². The average Bonchev–Trinajstić information content (AvgIpc) is 2.62. The number of carbonyl (C=O) groups excluding carboxylic acids is 1. The molecular weight excluding hydrogens is 328 g/mol. The molecule has 0 spiro atoms. The van der Waals surface area contributed by atoms with Crippen LogP contribution in [0.25, 0.3) is 0 Å². The van der Waals surface area contributed by atoms with Crippen molar-refractivity contribution in [1.82, 2.24) is 0 Å². The highest BCUT2D eigenvalue weighted by Crippen LogP contribution is 2.08. The van der Waals surface area contributed by atoms with Crippen LogP contribution in [0.5, 0.6) is 0 Å². The van der Waals surface area contributed by atoms with Gasteiger partial charge in [-0.1, -0.05) is 65.2 Å². The molecule has 4 nitrogen and oxygen atoms in total. The van der Waals surface area contributed by atoms with E-state index in [4.69, 9.17) is 14.2 Å². The summed E-state index contributed by atoms with van der Waals surface area (Å²) in [5.41, 5.74) is 0. The first kappa shape index (κ1) is 25.4. The summed E-state index contributed by atoms with van der Waals surface area (Å²) in [6.07, 6.45) is 14.8. The summed E-state index contributed by atoms with van der Waals surface area (Å²) in [6, 6.07) is 0. The zero-order valence-corrected chi connectivity index (χ0v) is 17.7. The van der Waals surface area contributed by atoms with Gasteiger partial charge in [0.05, 0.1) is 19.3 Å². The summed E-state index contributed by atoms with van der Waals surface area (Å²) in [6.45, 7) is 9.09. The van der Waals surface area contributed by atoms with Crippen LogP contribution in [0.3, 0.4) is 0 Å². The Kier molecular flexibility index (Phi) is 20.2. The van der Waals surface area contributed by atoms with Crippen LogP contribution in [0, 0.1) is 0 Å². The molecule has 0 aromatic carbocycles. The minimum Gasteiger partial charge on any atom is -0.463 e. The molecule has 0 amide bonds. The smallest absolute Gasteiger partial charge is 0.306 e. The van der Waals surface area contributed by atoms with Gasteiger partial charge < -0.3 is 14.2 Å². The first-order valence-electron chi connectivity index (χ1n) is 11.1. The van der Waals surface area contributed by atoms with Crippen LogP contribution in [-0.2, 0) is 19.0 Å². The number of rotatable bonds is 20. The molecule has 0 aromatic rings. The van der Waals surface area contributed by atoms with Crippen LogP contribution < -0.4 is 0 Å². The summed E-state index contributed by atoms with van der Waals surface area (Å²) in [5, 5.41) is 0. The van der Waals surface area contributed by atoms with Crippen molar-refractivity contribution in [3.05, 3.63) is 0 Å². The Morgan fingerprint density at radius 1 is 0.692 bits per heavy atom. The standard InChI is InChI=1S/C22H44O4/c1-4-6-8-9-10-11-13-17-24-19-20-25-18-14-16-22(23)26-21(3)15-12-7-5-2/h21H,4-20H2,1-3H3. The molecule has 0 N–H and O–H groups in total. The summed E-state index contributed by atoms with van der Waals surface area (Å²) in [7, 11) is 0. The third kappa shape index (κ3) is 19.7. The molecule has 0 radical (unpaired) electrons. The van der Waals surface area contributed by atoms with Crippen molar-refractivity contribution in [2.45, 2.75) is 110 Å². The predicted molar refractivity (Wildman–Crippen MR) is 109 cm³/mol. The lowest BCUT2D eigenvalue weighted by atomic mass is 10.1. The highest BCUT2D eigenvalue weighted by molar-refractivity contribution is 5.69. The molecule has 0 aliphatic heterocycles. The molecule has 0 aliphatic rings. The lowest BCUT2D eigenvalue weighted by Crippen LogP contribution is -2.15. The van der Waals surface area contributed by atoms with E-state index < -0.39 is 0 Å². The van der Waals surface area contributed by atoms with Crippen LogP contribution in [0.4, 0.5) is 0 Å². The zero-order valence-electron chi connectivity index (χ0n) is 17.7. The van der Waals surface area contributed by atoms with Gasteiger partial charge in [0.25, 0.3) is 0 Å². The molecule has 0 aliphatic carbocycles. The normalized spacial score (nSPS) is 12.3.